The summed E-state index contributed by atoms with van der Waals surface area (Å²) in [5, 5.41) is 0. The zero-order valence-corrected chi connectivity index (χ0v) is 12.9. The molecule has 4 nitrogen and oxygen atoms in total. The molecule has 112 valence electrons. The van der Waals surface area contributed by atoms with E-state index >= 15 is 0 Å². The van der Waals surface area contributed by atoms with Gasteiger partial charge >= 0.3 is 0 Å². The van der Waals surface area contributed by atoms with Crippen LogP contribution < -0.4 is 0 Å². The molecule has 0 aromatic carbocycles. The Hall–Kier alpha value is -1.84. The van der Waals surface area contributed by atoms with Crippen molar-refractivity contribution in [2.45, 2.75) is 52.6 Å². The summed E-state index contributed by atoms with van der Waals surface area (Å²) in [6, 6.07) is 0. The zero-order valence-electron chi connectivity index (χ0n) is 12.9. The molecule has 2 rings (SSSR count). The molecule has 0 saturated heterocycles. The number of hydrogen-bond donors (Lipinski definition) is 0. The summed E-state index contributed by atoms with van der Waals surface area (Å²) in [6.45, 7) is 12.6. The van der Waals surface area contributed by atoms with Crippen LogP contribution in [0.25, 0.3) is 0 Å². The van der Waals surface area contributed by atoms with E-state index < -0.39 is 0 Å². The highest BCUT2D eigenvalue weighted by Gasteiger charge is 1.86. The summed E-state index contributed by atoms with van der Waals surface area (Å²) in [5.41, 5.74) is 0. The van der Waals surface area contributed by atoms with Crippen LogP contribution >= 0.6 is 0 Å². The van der Waals surface area contributed by atoms with E-state index in [0.29, 0.717) is 0 Å². The zero-order chi connectivity index (χ0) is 15.1. The molecule has 0 aliphatic heterocycles. The van der Waals surface area contributed by atoms with E-state index in [4.69, 9.17) is 0 Å². The van der Waals surface area contributed by atoms with Gasteiger partial charge in [-0.15, -0.1) is 13.2 Å². The lowest BCUT2D eigenvalue weighted by Crippen LogP contribution is -1.92. The highest BCUT2D eigenvalue weighted by atomic mass is 15.0. The predicted octanol–water partition coefficient (Wildman–Crippen LogP) is 4.17. The molecule has 0 aliphatic carbocycles. The second kappa shape index (κ2) is 13.6. The average Bonchev–Trinajstić information content (AvgIpc) is 3.19. The van der Waals surface area contributed by atoms with E-state index in [1.807, 2.05) is 37.4 Å². The van der Waals surface area contributed by atoms with E-state index in [1.165, 1.54) is 25.7 Å². The van der Waals surface area contributed by atoms with Crippen LogP contribution in [0.2, 0.25) is 0 Å². The largest absolute Gasteiger partial charge is 0.337 e. The minimum Gasteiger partial charge on any atom is -0.337 e. The number of aromatic nitrogens is 4. The van der Waals surface area contributed by atoms with Gasteiger partial charge in [-0.05, 0) is 12.8 Å². The molecule has 0 aliphatic rings. The van der Waals surface area contributed by atoms with Crippen LogP contribution in [0.1, 0.15) is 39.5 Å². The number of unbranched alkanes of at least 4 members (excludes halogenated alkanes) is 2. The van der Waals surface area contributed by atoms with Crippen LogP contribution in [-0.2, 0) is 13.1 Å². The molecule has 2 heterocycles. The summed E-state index contributed by atoms with van der Waals surface area (Å²) in [4.78, 5) is 7.88. The minimum atomic E-state index is 1.11. The molecule has 0 radical (unpaired) electrons. The Kier molecular flexibility index (Phi) is 12.3. The van der Waals surface area contributed by atoms with Crippen molar-refractivity contribution < 1.29 is 0 Å². The molecular formula is C16H28N4. The van der Waals surface area contributed by atoms with Crippen LogP contribution in [0.5, 0.6) is 0 Å². The highest BCUT2D eigenvalue weighted by molar-refractivity contribution is 4.73. The first-order chi connectivity index (χ1) is 9.86. The molecule has 0 N–H and O–H groups in total. The fourth-order valence-corrected chi connectivity index (χ4v) is 1.52. The first-order valence-corrected chi connectivity index (χ1v) is 7.28. The van der Waals surface area contributed by atoms with Crippen molar-refractivity contribution in [1.82, 2.24) is 19.1 Å². The van der Waals surface area contributed by atoms with Crippen molar-refractivity contribution >= 4 is 0 Å². The fourth-order valence-electron chi connectivity index (χ4n) is 1.52. The van der Waals surface area contributed by atoms with Crippen LogP contribution in [0, 0.1) is 0 Å². The standard InChI is InChI=1S/2C7H12N2.C2H4/c2*1-2-3-5-9-6-4-8-7-9;1-2/h2*4,6-7H,2-3,5H2,1H3;1-2H2. The summed E-state index contributed by atoms with van der Waals surface area (Å²) < 4.78 is 4.20. The van der Waals surface area contributed by atoms with Gasteiger partial charge in [-0.3, -0.25) is 0 Å². The van der Waals surface area contributed by atoms with E-state index in [1.54, 1.807) is 0 Å². The van der Waals surface area contributed by atoms with Crippen molar-refractivity contribution in [1.29, 1.82) is 0 Å². The number of imidazole rings is 2. The molecule has 0 bridgehead atoms. The Morgan fingerprint density at radius 1 is 0.800 bits per heavy atom. The second-order valence-electron chi connectivity index (χ2n) is 4.31. The van der Waals surface area contributed by atoms with Gasteiger partial charge in [-0.25, -0.2) is 9.97 Å². The van der Waals surface area contributed by atoms with Crippen LogP contribution in [0.4, 0.5) is 0 Å². The van der Waals surface area contributed by atoms with Crippen molar-refractivity contribution in [3.63, 3.8) is 0 Å². The van der Waals surface area contributed by atoms with Crippen molar-refractivity contribution in [2.75, 3.05) is 0 Å². The molecule has 0 unspecified atom stereocenters. The second-order valence-corrected chi connectivity index (χ2v) is 4.31. The van der Waals surface area contributed by atoms with Gasteiger partial charge in [0, 0.05) is 37.9 Å². The average molecular weight is 276 g/mol. The number of rotatable bonds is 6. The molecular weight excluding hydrogens is 248 g/mol. The van der Waals surface area contributed by atoms with E-state index in [0.717, 1.165) is 13.1 Å². The highest BCUT2D eigenvalue weighted by Crippen LogP contribution is 1.93. The monoisotopic (exact) mass is 276 g/mol. The van der Waals surface area contributed by atoms with Gasteiger partial charge in [0.15, 0.2) is 0 Å². The number of hydrogen-bond acceptors (Lipinski definition) is 2. The third-order valence-electron chi connectivity index (χ3n) is 2.66. The van der Waals surface area contributed by atoms with Gasteiger partial charge in [0.05, 0.1) is 12.7 Å². The molecule has 0 spiro atoms. The third kappa shape index (κ3) is 9.14. The Labute approximate surface area is 123 Å². The maximum Gasteiger partial charge on any atom is 0.0945 e. The van der Waals surface area contributed by atoms with E-state index in [9.17, 15) is 0 Å². The Morgan fingerprint density at radius 2 is 1.20 bits per heavy atom. The topological polar surface area (TPSA) is 35.6 Å². The van der Waals surface area contributed by atoms with Gasteiger partial charge in [0.25, 0.3) is 0 Å². The van der Waals surface area contributed by atoms with Crippen LogP contribution in [-0.4, -0.2) is 19.1 Å². The summed E-state index contributed by atoms with van der Waals surface area (Å²) in [6.07, 6.45) is 16.3. The third-order valence-corrected chi connectivity index (χ3v) is 2.66. The normalized spacial score (nSPS) is 9.10. The Bertz CT molecular complexity index is 340. The first-order valence-electron chi connectivity index (χ1n) is 7.28. The van der Waals surface area contributed by atoms with E-state index in [-0.39, 0.29) is 0 Å². The fraction of sp³-hybridized carbons (Fsp3) is 0.500. The Balaban J connectivity index is 0.000000321. The molecule has 0 amide bonds. The lowest BCUT2D eigenvalue weighted by Gasteiger charge is -1.96. The summed E-state index contributed by atoms with van der Waals surface area (Å²) in [7, 11) is 0. The first kappa shape index (κ1) is 18.2. The molecule has 0 atom stereocenters. The molecule has 20 heavy (non-hydrogen) atoms. The van der Waals surface area contributed by atoms with Gasteiger partial charge < -0.3 is 9.13 Å². The SMILES string of the molecule is C=C.CCCCn1ccnc1.CCCCn1ccnc1. The number of nitrogens with zero attached hydrogens (tertiary/aromatic N) is 4. The molecule has 4 heteroatoms. The van der Waals surface area contributed by atoms with Gasteiger partial charge in [0.1, 0.15) is 0 Å². The lowest BCUT2D eigenvalue weighted by atomic mass is 10.3. The maximum atomic E-state index is 3.94. The maximum absolute atomic E-state index is 3.94. The van der Waals surface area contributed by atoms with E-state index in [2.05, 4.69) is 46.1 Å². The summed E-state index contributed by atoms with van der Waals surface area (Å²) >= 11 is 0. The summed E-state index contributed by atoms with van der Waals surface area (Å²) in [5.74, 6) is 0. The van der Waals surface area contributed by atoms with Crippen LogP contribution in [0.15, 0.2) is 50.6 Å². The molecule has 0 saturated carbocycles. The van der Waals surface area contributed by atoms with Crippen molar-refractivity contribution in [3.05, 3.63) is 50.6 Å². The molecule has 0 fully saturated rings. The van der Waals surface area contributed by atoms with Crippen LogP contribution in [0.3, 0.4) is 0 Å². The molecule has 2 aromatic heterocycles. The van der Waals surface area contributed by atoms with Crippen molar-refractivity contribution in [2.24, 2.45) is 0 Å². The Morgan fingerprint density at radius 3 is 1.45 bits per heavy atom. The smallest absolute Gasteiger partial charge is 0.0945 e. The number of aryl methyl sites for hydroxylation is 2. The van der Waals surface area contributed by atoms with Gasteiger partial charge in [-0.1, -0.05) is 26.7 Å². The predicted molar refractivity (Wildman–Crippen MR) is 85.5 cm³/mol. The van der Waals surface area contributed by atoms with Gasteiger partial charge in [-0.2, -0.15) is 0 Å². The van der Waals surface area contributed by atoms with Crippen molar-refractivity contribution in [3.8, 4) is 0 Å². The quantitative estimate of drug-likeness (QED) is 0.742. The lowest BCUT2D eigenvalue weighted by molar-refractivity contribution is 0.631. The minimum absolute atomic E-state index is 1.11. The molecule has 2 aromatic rings. The van der Waals surface area contributed by atoms with Gasteiger partial charge in [0.2, 0.25) is 0 Å².